The van der Waals surface area contributed by atoms with E-state index in [9.17, 15) is 13.2 Å². The molecule has 3 rings (SSSR count). The maximum absolute atomic E-state index is 12.9. The summed E-state index contributed by atoms with van der Waals surface area (Å²) in [4.78, 5) is 17.1. The lowest BCUT2D eigenvalue weighted by Gasteiger charge is -2.20. The molecule has 2 N–H and O–H groups in total. The first-order chi connectivity index (χ1) is 15.2. The third-order valence-corrected chi connectivity index (χ3v) is 6.52. The minimum Gasteiger partial charge on any atom is -0.325 e. The summed E-state index contributed by atoms with van der Waals surface area (Å²) in [5, 5.41) is 2.85. The zero-order valence-electron chi connectivity index (χ0n) is 18.6. The number of anilines is 1. The minimum atomic E-state index is -3.82. The van der Waals surface area contributed by atoms with E-state index < -0.39 is 16.1 Å². The monoisotopic (exact) mass is 451 g/mol. The van der Waals surface area contributed by atoms with Crippen molar-refractivity contribution >= 4 is 21.6 Å². The van der Waals surface area contributed by atoms with Gasteiger partial charge in [-0.1, -0.05) is 43.7 Å². The lowest BCUT2D eigenvalue weighted by Crippen LogP contribution is -2.44. The maximum Gasteiger partial charge on any atom is 0.242 e. The molecule has 0 spiro atoms. The fourth-order valence-electron chi connectivity index (χ4n) is 3.32. The molecular formula is C25H29N3O3S. The van der Waals surface area contributed by atoms with Crippen molar-refractivity contribution < 1.29 is 13.2 Å². The molecule has 0 aliphatic rings. The quantitative estimate of drug-likeness (QED) is 0.507. The van der Waals surface area contributed by atoms with Gasteiger partial charge in [-0.3, -0.25) is 9.78 Å². The van der Waals surface area contributed by atoms with E-state index in [1.807, 2.05) is 57.2 Å². The van der Waals surface area contributed by atoms with E-state index in [1.54, 1.807) is 36.7 Å². The molecular weight excluding hydrogens is 422 g/mol. The lowest BCUT2D eigenvalue weighted by molar-refractivity contribution is -0.118. The largest absolute Gasteiger partial charge is 0.325 e. The molecule has 32 heavy (non-hydrogen) atoms. The van der Waals surface area contributed by atoms with E-state index in [2.05, 4.69) is 15.0 Å². The molecule has 6 nitrogen and oxygen atoms in total. The van der Waals surface area contributed by atoms with Crippen LogP contribution in [0.15, 0.2) is 78.0 Å². The molecule has 1 amide bonds. The number of rotatable bonds is 9. The van der Waals surface area contributed by atoms with E-state index in [0.717, 1.165) is 23.1 Å². The highest BCUT2D eigenvalue weighted by Crippen LogP contribution is 2.17. The molecule has 0 saturated carbocycles. The van der Waals surface area contributed by atoms with Crippen molar-refractivity contribution in [2.24, 2.45) is 5.92 Å². The van der Waals surface area contributed by atoms with E-state index in [1.165, 1.54) is 0 Å². The highest BCUT2D eigenvalue weighted by Gasteiger charge is 2.26. The van der Waals surface area contributed by atoms with Crippen LogP contribution in [0.4, 0.5) is 5.69 Å². The highest BCUT2D eigenvalue weighted by molar-refractivity contribution is 7.89. The Bertz CT molecular complexity index is 1130. The Morgan fingerprint density at radius 1 is 0.906 bits per heavy atom. The third kappa shape index (κ3) is 6.73. The molecule has 0 saturated heterocycles. The van der Waals surface area contributed by atoms with Gasteiger partial charge in [0.25, 0.3) is 0 Å². The first-order valence-electron chi connectivity index (χ1n) is 10.6. The summed E-state index contributed by atoms with van der Waals surface area (Å²) in [6.45, 7) is 5.80. The number of aromatic nitrogens is 1. The summed E-state index contributed by atoms with van der Waals surface area (Å²) in [5.41, 5.74) is 3.84. The predicted octanol–water partition coefficient (Wildman–Crippen LogP) is 4.31. The van der Waals surface area contributed by atoms with Crippen LogP contribution < -0.4 is 10.0 Å². The Kier molecular flexibility index (Phi) is 7.77. The Labute approximate surface area is 190 Å². The summed E-state index contributed by atoms with van der Waals surface area (Å²) in [6, 6.07) is 17.2. The van der Waals surface area contributed by atoms with Gasteiger partial charge in [-0.2, -0.15) is 4.72 Å². The highest BCUT2D eigenvalue weighted by atomic mass is 32.2. The zero-order valence-corrected chi connectivity index (χ0v) is 19.4. The van der Waals surface area contributed by atoms with Crippen LogP contribution in [0.2, 0.25) is 0 Å². The van der Waals surface area contributed by atoms with Gasteiger partial charge >= 0.3 is 0 Å². The topological polar surface area (TPSA) is 88.2 Å². The summed E-state index contributed by atoms with van der Waals surface area (Å²) >= 11 is 0. The molecule has 1 atom stereocenters. The molecule has 3 aromatic rings. The fraction of sp³-hybridized carbons (Fsp3) is 0.280. The molecule has 0 aliphatic carbocycles. The van der Waals surface area contributed by atoms with Crippen molar-refractivity contribution in [2.75, 3.05) is 5.32 Å². The first kappa shape index (κ1) is 23.6. The number of benzene rings is 2. The van der Waals surface area contributed by atoms with Crippen molar-refractivity contribution in [3.63, 3.8) is 0 Å². The normalized spacial score (nSPS) is 12.5. The second-order valence-electron chi connectivity index (χ2n) is 8.33. The number of amides is 1. The molecule has 7 heteroatoms. The number of sulfonamides is 1. The van der Waals surface area contributed by atoms with Gasteiger partial charge in [0.05, 0.1) is 4.90 Å². The number of carbonyl (C=O) groups is 1. The Morgan fingerprint density at radius 2 is 1.50 bits per heavy atom. The van der Waals surface area contributed by atoms with Crippen molar-refractivity contribution in [1.82, 2.24) is 9.71 Å². The number of aryl methyl sites for hydroxylation is 1. The van der Waals surface area contributed by atoms with Crippen LogP contribution in [-0.2, 0) is 21.2 Å². The fourth-order valence-corrected chi connectivity index (χ4v) is 4.53. The number of hydrogen-bond donors (Lipinski definition) is 2. The van der Waals surface area contributed by atoms with E-state index >= 15 is 0 Å². The van der Waals surface area contributed by atoms with Gasteiger partial charge in [-0.05, 0) is 73.2 Å². The van der Waals surface area contributed by atoms with Crippen LogP contribution in [0.5, 0.6) is 0 Å². The Hall–Kier alpha value is -3.03. The van der Waals surface area contributed by atoms with Gasteiger partial charge in [-0.25, -0.2) is 8.42 Å². The SMILES string of the molecule is Cc1ccc(S(=O)(=O)NC(CC(C)C)C(=O)Nc2ccc(Cc3ccncc3)cc2)cc1. The molecule has 168 valence electrons. The summed E-state index contributed by atoms with van der Waals surface area (Å²) in [7, 11) is -3.82. The van der Waals surface area contributed by atoms with Gasteiger partial charge < -0.3 is 5.32 Å². The number of hydrogen-bond acceptors (Lipinski definition) is 4. The molecule has 0 bridgehead atoms. The Balaban J connectivity index is 1.69. The number of pyridine rings is 1. The minimum absolute atomic E-state index is 0.134. The summed E-state index contributed by atoms with van der Waals surface area (Å²) in [5.74, 6) is -0.245. The molecule has 1 aromatic heterocycles. The molecule has 0 radical (unpaired) electrons. The van der Waals surface area contributed by atoms with Gasteiger partial charge in [-0.15, -0.1) is 0 Å². The van der Waals surface area contributed by atoms with Crippen LogP contribution in [0, 0.1) is 12.8 Å². The smallest absolute Gasteiger partial charge is 0.242 e. The predicted molar refractivity (Wildman–Crippen MR) is 127 cm³/mol. The van der Waals surface area contributed by atoms with Gasteiger partial charge in [0.2, 0.25) is 15.9 Å². The zero-order chi connectivity index (χ0) is 23.1. The van der Waals surface area contributed by atoms with Crippen molar-refractivity contribution in [3.05, 3.63) is 89.7 Å². The second kappa shape index (κ2) is 10.5. The average Bonchev–Trinajstić information content (AvgIpc) is 2.75. The van der Waals surface area contributed by atoms with Gasteiger partial charge in [0, 0.05) is 18.1 Å². The molecule has 1 heterocycles. The van der Waals surface area contributed by atoms with Crippen molar-refractivity contribution in [3.8, 4) is 0 Å². The Morgan fingerprint density at radius 3 is 2.09 bits per heavy atom. The molecule has 0 aliphatic heterocycles. The van der Waals surface area contributed by atoms with Crippen LogP contribution >= 0.6 is 0 Å². The van der Waals surface area contributed by atoms with Crippen LogP contribution in [0.1, 0.15) is 37.0 Å². The van der Waals surface area contributed by atoms with Gasteiger partial charge in [0.15, 0.2) is 0 Å². The van der Waals surface area contributed by atoms with Crippen LogP contribution in [-0.4, -0.2) is 25.4 Å². The second-order valence-corrected chi connectivity index (χ2v) is 10.0. The number of nitrogens with zero attached hydrogens (tertiary/aromatic N) is 1. The summed E-state index contributed by atoms with van der Waals surface area (Å²) in [6.07, 6.45) is 4.67. The average molecular weight is 452 g/mol. The molecule has 0 fully saturated rings. The third-order valence-electron chi connectivity index (χ3n) is 5.03. The van der Waals surface area contributed by atoms with E-state index in [4.69, 9.17) is 0 Å². The van der Waals surface area contributed by atoms with Crippen molar-refractivity contribution in [1.29, 1.82) is 0 Å². The van der Waals surface area contributed by atoms with Crippen molar-refractivity contribution in [2.45, 2.75) is 44.6 Å². The molecule has 2 aromatic carbocycles. The van der Waals surface area contributed by atoms with Gasteiger partial charge in [0.1, 0.15) is 6.04 Å². The first-order valence-corrected chi connectivity index (χ1v) is 12.1. The van der Waals surface area contributed by atoms with Crippen LogP contribution in [0.25, 0.3) is 0 Å². The van der Waals surface area contributed by atoms with Crippen LogP contribution in [0.3, 0.4) is 0 Å². The van der Waals surface area contributed by atoms with E-state index in [-0.39, 0.29) is 16.7 Å². The number of carbonyl (C=O) groups excluding carboxylic acids is 1. The molecule has 1 unspecified atom stereocenters. The lowest BCUT2D eigenvalue weighted by atomic mass is 10.0. The number of nitrogens with one attached hydrogen (secondary N) is 2. The standard InChI is InChI=1S/C25H29N3O3S/c1-18(2)16-24(28-32(30,31)23-10-4-19(3)5-11-23)25(29)27-22-8-6-20(7-9-22)17-21-12-14-26-15-13-21/h4-15,18,24,28H,16-17H2,1-3H3,(H,27,29). The van der Waals surface area contributed by atoms with E-state index in [0.29, 0.717) is 12.1 Å². The summed E-state index contributed by atoms with van der Waals surface area (Å²) < 4.78 is 28.2. The maximum atomic E-state index is 12.9.